The van der Waals surface area contributed by atoms with Gasteiger partial charge in [0, 0.05) is 17.8 Å². The third-order valence-electron chi connectivity index (χ3n) is 7.06. The van der Waals surface area contributed by atoms with Gasteiger partial charge in [-0.2, -0.15) is 5.10 Å². The molecule has 2 aliphatic rings. The highest BCUT2D eigenvalue weighted by atomic mass is 16.5. The van der Waals surface area contributed by atoms with E-state index in [1.54, 1.807) is 0 Å². The molecule has 2 heterocycles. The van der Waals surface area contributed by atoms with Crippen LogP contribution in [-0.2, 0) is 16.1 Å². The number of nitrogens with one attached hydrogen (secondary N) is 1. The van der Waals surface area contributed by atoms with E-state index < -0.39 is 17.4 Å². The minimum Gasteiger partial charge on any atom is -0.464 e. The number of hydrogen-bond donors (Lipinski definition) is 1. The number of ether oxygens (including phenoxy) is 1. The summed E-state index contributed by atoms with van der Waals surface area (Å²) in [5.41, 5.74) is 0.479. The molecule has 1 fully saturated rings. The molecule has 0 radical (unpaired) electrons. The first-order valence-electron chi connectivity index (χ1n) is 12.0. The summed E-state index contributed by atoms with van der Waals surface area (Å²) in [6, 6.07) is 8.82. The molecule has 8 heteroatoms. The third kappa shape index (κ3) is 4.29. The van der Waals surface area contributed by atoms with Gasteiger partial charge in [0.25, 0.3) is 11.8 Å². The maximum atomic E-state index is 14.2. The highest BCUT2D eigenvalue weighted by Gasteiger charge is 2.54. The summed E-state index contributed by atoms with van der Waals surface area (Å²) < 4.78 is 6.22. The third-order valence-corrected chi connectivity index (χ3v) is 7.06. The van der Waals surface area contributed by atoms with Crippen LogP contribution in [0.2, 0.25) is 0 Å². The van der Waals surface area contributed by atoms with Crippen molar-refractivity contribution in [2.24, 2.45) is 0 Å². The lowest BCUT2D eigenvalue weighted by Gasteiger charge is -2.47. The summed E-state index contributed by atoms with van der Waals surface area (Å²) in [7, 11) is 1.26. The number of anilines is 1. The van der Waals surface area contributed by atoms with Gasteiger partial charge >= 0.3 is 5.97 Å². The van der Waals surface area contributed by atoms with Crippen LogP contribution in [0.25, 0.3) is 0 Å². The fourth-order valence-electron chi connectivity index (χ4n) is 5.08. The van der Waals surface area contributed by atoms with E-state index in [0.717, 1.165) is 44.1 Å². The molecule has 1 aromatic heterocycles. The number of hydrogen-bond acceptors (Lipinski definition) is 5. The van der Waals surface area contributed by atoms with Crippen LogP contribution in [0.15, 0.2) is 55.1 Å². The molecule has 2 aromatic rings. The molecular weight excluding hydrogens is 444 g/mol. The van der Waals surface area contributed by atoms with E-state index in [1.807, 2.05) is 31.2 Å². The molecule has 0 saturated heterocycles. The summed E-state index contributed by atoms with van der Waals surface area (Å²) >= 11 is 0. The van der Waals surface area contributed by atoms with Gasteiger partial charge in [0.1, 0.15) is 5.69 Å². The van der Waals surface area contributed by atoms with E-state index in [4.69, 9.17) is 4.74 Å². The van der Waals surface area contributed by atoms with Crippen molar-refractivity contribution in [1.82, 2.24) is 15.1 Å². The van der Waals surface area contributed by atoms with Gasteiger partial charge in [0.2, 0.25) is 0 Å². The first kappa shape index (κ1) is 24.4. The van der Waals surface area contributed by atoms with Gasteiger partial charge in [0.15, 0.2) is 11.2 Å². The highest BCUT2D eigenvalue weighted by molar-refractivity contribution is 6.14. The van der Waals surface area contributed by atoms with Crippen molar-refractivity contribution in [2.75, 3.05) is 12.0 Å². The Balaban J connectivity index is 1.89. The smallest absolute Gasteiger partial charge is 0.358 e. The minimum absolute atomic E-state index is 0.00442. The van der Waals surface area contributed by atoms with Gasteiger partial charge < -0.3 is 10.1 Å². The number of carbonyl (C=O) groups excluding carboxylic acids is 3. The number of nitrogens with zero attached hydrogens (tertiary/aromatic N) is 3. The normalized spacial score (nSPS) is 20.5. The molecule has 184 valence electrons. The number of benzene rings is 1. The van der Waals surface area contributed by atoms with Gasteiger partial charge in [0.05, 0.1) is 13.7 Å². The zero-order valence-electron chi connectivity index (χ0n) is 20.4. The Morgan fingerprint density at radius 3 is 2.51 bits per heavy atom. The molecule has 8 nitrogen and oxygen atoms in total. The van der Waals surface area contributed by atoms with Gasteiger partial charge in [-0.1, -0.05) is 63.1 Å². The number of methoxy groups -OCH3 is 1. The SMILES string of the molecule is C=CC(=C)C1(C(=O)NC2CCCCCC2)Cn2nc(C(=O)OC)cc2C(=O)N1c1ccccc1C. The van der Waals surface area contributed by atoms with E-state index in [9.17, 15) is 14.4 Å². The first-order valence-corrected chi connectivity index (χ1v) is 12.0. The molecule has 1 aliphatic carbocycles. The van der Waals surface area contributed by atoms with Crippen LogP contribution in [0.5, 0.6) is 0 Å². The first-order chi connectivity index (χ1) is 16.8. The molecule has 4 rings (SSSR count). The van der Waals surface area contributed by atoms with Gasteiger partial charge in [-0.05, 0) is 37.0 Å². The number of rotatable bonds is 6. The lowest BCUT2D eigenvalue weighted by atomic mass is 9.83. The number of amides is 2. The molecule has 1 unspecified atom stereocenters. The van der Waals surface area contributed by atoms with Crippen molar-refractivity contribution >= 4 is 23.5 Å². The van der Waals surface area contributed by atoms with Crippen LogP contribution >= 0.6 is 0 Å². The Morgan fingerprint density at radius 2 is 1.89 bits per heavy atom. The molecule has 35 heavy (non-hydrogen) atoms. The molecule has 1 N–H and O–H groups in total. The second-order valence-corrected chi connectivity index (χ2v) is 9.24. The van der Waals surface area contributed by atoms with Crippen molar-refractivity contribution in [3.05, 3.63) is 72.1 Å². The zero-order valence-corrected chi connectivity index (χ0v) is 20.4. The predicted molar refractivity (Wildman–Crippen MR) is 133 cm³/mol. The van der Waals surface area contributed by atoms with Crippen LogP contribution in [0.4, 0.5) is 5.69 Å². The molecule has 1 aliphatic heterocycles. The summed E-state index contributed by atoms with van der Waals surface area (Å²) in [6.07, 6.45) is 7.69. The van der Waals surface area contributed by atoms with E-state index in [-0.39, 0.29) is 29.9 Å². The Kier molecular flexibility index (Phi) is 6.91. The number of aryl methyl sites for hydroxylation is 1. The number of aromatic nitrogens is 2. The Hall–Kier alpha value is -3.68. The van der Waals surface area contributed by atoms with Crippen molar-refractivity contribution in [1.29, 1.82) is 0 Å². The van der Waals surface area contributed by atoms with E-state index >= 15 is 0 Å². The lowest BCUT2D eigenvalue weighted by molar-refractivity contribution is -0.126. The molecule has 1 atom stereocenters. The van der Waals surface area contributed by atoms with Gasteiger partial charge in [-0.15, -0.1) is 0 Å². The summed E-state index contributed by atoms with van der Waals surface area (Å²) in [4.78, 5) is 41.9. The Morgan fingerprint density at radius 1 is 1.20 bits per heavy atom. The predicted octanol–water partition coefficient (Wildman–Crippen LogP) is 3.96. The molecule has 1 saturated carbocycles. The van der Waals surface area contributed by atoms with E-state index in [2.05, 4.69) is 23.6 Å². The number of esters is 1. The largest absolute Gasteiger partial charge is 0.464 e. The maximum absolute atomic E-state index is 14.2. The number of para-hydroxylation sites is 1. The van der Waals surface area contributed by atoms with Crippen molar-refractivity contribution in [3.63, 3.8) is 0 Å². The van der Waals surface area contributed by atoms with Crippen LogP contribution in [0.1, 0.15) is 65.1 Å². The molecule has 0 spiro atoms. The fourth-order valence-corrected chi connectivity index (χ4v) is 5.08. The van der Waals surface area contributed by atoms with Crippen LogP contribution in [0, 0.1) is 6.92 Å². The van der Waals surface area contributed by atoms with E-state index in [1.165, 1.54) is 28.8 Å². The zero-order chi connectivity index (χ0) is 25.2. The van der Waals surface area contributed by atoms with Gasteiger partial charge in [-0.25, -0.2) is 4.79 Å². The second kappa shape index (κ2) is 9.90. The topological polar surface area (TPSA) is 93.5 Å². The second-order valence-electron chi connectivity index (χ2n) is 9.24. The minimum atomic E-state index is -1.51. The van der Waals surface area contributed by atoms with Gasteiger partial charge in [-0.3, -0.25) is 19.2 Å². The average molecular weight is 477 g/mol. The van der Waals surface area contributed by atoms with Crippen LogP contribution in [0.3, 0.4) is 0 Å². The number of carbonyl (C=O) groups is 3. The summed E-state index contributed by atoms with van der Waals surface area (Å²) in [5.74, 6) is -1.43. The quantitative estimate of drug-likeness (QED) is 0.387. The van der Waals surface area contributed by atoms with Crippen LogP contribution < -0.4 is 10.2 Å². The molecule has 0 bridgehead atoms. The van der Waals surface area contributed by atoms with Crippen LogP contribution in [-0.4, -0.2) is 46.3 Å². The summed E-state index contributed by atoms with van der Waals surface area (Å²) in [6.45, 7) is 9.93. The number of fused-ring (bicyclic) bond motifs is 1. The maximum Gasteiger partial charge on any atom is 0.358 e. The molecule has 1 aromatic carbocycles. The monoisotopic (exact) mass is 476 g/mol. The highest BCUT2D eigenvalue weighted by Crippen LogP contribution is 2.39. The fraction of sp³-hybridized carbons (Fsp3) is 0.407. The Bertz CT molecular complexity index is 1180. The standard InChI is InChI=1S/C27H32N4O4/c1-5-19(3)27(26(34)28-20-13-8-6-7-9-14-20)17-30-23(16-21(29-30)25(33)35-4)24(32)31(27)22-15-11-10-12-18(22)2/h5,10-12,15-16,20H,1,3,6-9,13-14,17H2,2,4H3,(H,28,34). The lowest BCUT2D eigenvalue weighted by Crippen LogP contribution is -2.67. The van der Waals surface area contributed by atoms with Crippen molar-refractivity contribution in [3.8, 4) is 0 Å². The van der Waals surface area contributed by atoms with E-state index in [0.29, 0.717) is 11.3 Å². The Labute approximate surface area is 205 Å². The average Bonchev–Trinajstić information content (AvgIpc) is 3.13. The molecular formula is C27H32N4O4. The van der Waals surface area contributed by atoms with Crippen molar-refractivity contribution in [2.45, 2.75) is 63.6 Å². The van der Waals surface area contributed by atoms with Crippen molar-refractivity contribution < 1.29 is 19.1 Å². The molecule has 2 amide bonds. The summed E-state index contributed by atoms with van der Waals surface area (Å²) in [5, 5.41) is 7.54.